The second-order valence-corrected chi connectivity index (χ2v) is 6.29. The van der Waals surface area contributed by atoms with Crippen molar-refractivity contribution in [3.05, 3.63) is 78.1 Å². The zero-order valence-corrected chi connectivity index (χ0v) is 19.1. The number of halogens is 4. The lowest BCUT2D eigenvalue weighted by Crippen LogP contribution is -2.36. The van der Waals surface area contributed by atoms with Gasteiger partial charge in [-0.05, 0) is 30.7 Å². The highest BCUT2D eigenvalue weighted by Gasteiger charge is 2.10. The van der Waals surface area contributed by atoms with Gasteiger partial charge in [0.15, 0.2) is 5.96 Å². The van der Waals surface area contributed by atoms with E-state index in [4.69, 9.17) is 0 Å². The molecule has 2 aromatic carbocycles. The van der Waals surface area contributed by atoms with E-state index in [1.54, 1.807) is 47.3 Å². The average molecular weight is 545 g/mol. The Morgan fingerprint density at radius 2 is 2.00 bits per heavy atom. The highest BCUT2D eigenvalue weighted by Crippen LogP contribution is 2.20. The summed E-state index contributed by atoms with van der Waals surface area (Å²) in [5.74, 6) is 0.202. The van der Waals surface area contributed by atoms with Crippen molar-refractivity contribution in [3.8, 4) is 11.4 Å². The van der Waals surface area contributed by atoms with E-state index in [1.165, 1.54) is 18.5 Å². The summed E-state index contributed by atoms with van der Waals surface area (Å²) in [5, 5.41) is 6.15. The third kappa shape index (κ3) is 7.16. The molecule has 10 heteroatoms. The Morgan fingerprint density at radius 1 is 1.19 bits per heavy atom. The maximum absolute atomic E-state index is 14.4. The van der Waals surface area contributed by atoms with Crippen molar-refractivity contribution < 1.29 is 17.9 Å². The molecule has 0 bridgehead atoms. The molecule has 0 saturated heterocycles. The maximum atomic E-state index is 14.4. The van der Waals surface area contributed by atoms with Crippen LogP contribution in [0.1, 0.15) is 18.1 Å². The topological polar surface area (TPSA) is 63.5 Å². The van der Waals surface area contributed by atoms with E-state index in [9.17, 15) is 13.2 Å². The Kier molecular flexibility index (Phi) is 9.63. The highest BCUT2D eigenvalue weighted by atomic mass is 127. The van der Waals surface area contributed by atoms with Crippen LogP contribution in [-0.4, -0.2) is 28.7 Å². The monoisotopic (exact) mass is 545 g/mol. The number of alkyl halides is 2. The van der Waals surface area contributed by atoms with Crippen LogP contribution in [-0.2, 0) is 13.1 Å². The molecule has 3 aromatic rings. The summed E-state index contributed by atoms with van der Waals surface area (Å²) in [4.78, 5) is 8.36. The fourth-order valence-corrected chi connectivity index (χ4v) is 2.81. The van der Waals surface area contributed by atoms with Gasteiger partial charge in [0.05, 0.1) is 18.6 Å². The van der Waals surface area contributed by atoms with E-state index in [1.807, 2.05) is 6.92 Å². The van der Waals surface area contributed by atoms with Crippen molar-refractivity contribution in [2.45, 2.75) is 26.6 Å². The minimum atomic E-state index is -2.90. The van der Waals surface area contributed by atoms with Gasteiger partial charge < -0.3 is 19.9 Å². The van der Waals surface area contributed by atoms with Gasteiger partial charge in [0.2, 0.25) is 0 Å². The highest BCUT2D eigenvalue weighted by molar-refractivity contribution is 14.0. The number of imidazole rings is 1. The molecule has 0 aliphatic rings. The number of aliphatic imine (C=N–C) groups is 1. The second kappa shape index (κ2) is 12.2. The fourth-order valence-electron chi connectivity index (χ4n) is 2.81. The Labute approximate surface area is 195 Å². The van der Waals surface area contributed by atoms with Crippen LogP contribution >= 0.6 is 24.0 Å². The number of rotatable bonds is 8. The standard InChI is InChI=1S/C21H22F3N5O.HI/c1-2-26-21(28-13-16-5-3-4-6-19(16)30-20(23)24)27-12-15-7-8-18(17(22)11-15)29-10-9-25-14-29;/h3-11,14,20H,2,12-13H2,1H3,(H2,26,27,28);1H. The van der Waals surface area contributed by atoms with Gasteiger partial charge in [0, 0.05) is 31.0 Å². The molecule has 0 fully saturated rings. The lowest BCUT2D eigenvalue weighted by Gasteiger charge is -2.14. The molecule has 0 spiro atoms. The van der Waals surface area contributed by atoms with Crippen molar-refractivity contribution in [2.24, 2.45) is 4.99 Å². The number of aromatic nitrogens is 2. The first-order chi connectivity index (χ1) is 14.6. The minimum Gasteiger partial charge on any atom is -0.434 e. The third-order valence-electron chi connectivity index (χ3n) is 4.19. The molecule has 0 aliphatic heterocycles. The van der Waals surface area contributed by atoms with Gasteiger partial charge in [-0.3, -0.25) is 0 Å². The molecule has 0 aliphatic carbocycles. The molecule has 0 saturated carbocycles. The van der Waals surface area contributed by atoms with Crippen molar-refractivity contribution in [2.75, 3.05) is 6.54 Å². The Morgan fingerprint density at radius 3 is 2.68 bits per heavy atom. The van der Waals surface area contributed by atoms with Crippen LogP contribution in [0.25, 0.3) is 5.69 Å². The number of para-hydroxylation sites is 1. The maximum Gasteiger partial charge on any atom is 0.387 e. The largest absolute Gasteiger partial charge is 0.434 e. The molecule has 6 nitrogen and oxygen atoms in total. The predicted molar refractivity (Wildman–Crippen MR) is 124 cm³/mol. The van der Waals surface area contributed by atoms with Gasteiger partial charge in [-0.25, -0.2) is 14.4 Å². The van der Waals surface area contributed by atoms with Gasteiger partial charge in [0.25, 0.3) is 0 Å². The number of nitrogens with zero attached hydrogens (tertiary/aromatic N) is 3. The van der Waals surface area contributed by atoms with E-state index in [0.29, 0.717) is 29.3 Å². The number of ether oxygens (including phenoxy) is 1. The molecule has 31 heavy (non-hydrogen) atoms. The van der Waals surface area contributed by atoms with Crippen molar-refractivity contribution in [3.63, 3.8) is 0 Å². The van der Waals surface area contributed by atoms with E-state index >= 15 is 0 Å². The number of hydrogen-bond acceptors (Lipinski definition) is 3. The second-order valence-electron chi connectivity index (χ2n) is 6.29. The normalized spacial score (nSPS) is 11.2. The minimum absolute atomic E-state index is 0. The number of guanidine groups is 1. The quantitative estimate of drug-likeness (QED) is 0.249. The first-order valence-electron chi connectivity index (χ1n) is 9.38. The van der Waals surface area contributed by atoms with Gasteiger partial charge in [0.1, 0.15) is 11.6 Å². The predicted octanol–water partition coefficient (Wildman–Crippen LogP) is 4.49. The molecule has 2 N–H and O–H groups in total. The van der Waals surface area contributed by atoms with Crippen LogP contribution in [0, 0.1) is 5.82 Å². The summed E-state index contributed by atoms with van der Waals surface area (Å²) in [6, 6.07) is 11.4. The Hall–Kier alpha value is -2.76. The summed E-state index contributed by atoms with van der Waals surface area (Å²) >= 11 is 0. The molecule has 0 amide bonds. The molecular weight excluding hydrogens is 522 g/mol. The SMILES string of the molecule is CCNC(=NCc1ccc(-n2ccnc2)c(F)c1)NCc1ccccc1OC(F)F.I. The summed E-state index contributed by atoms with van der Waals surface area (Å²) in [7, 11) is 0. The van der Waals surface area contributed by atoms with E-state index < -0.39 is 6.61 Å². The van der Waals surface area contributed by atoms with Crippen molar-refractivity contribution in [1.29, 1.82) is 0 Å². The van der Waals surface area contributed by atoms with Crippen LogP contribution in [0.2, 0.25) is 0 Å². The Bertz CT molecular complexity index is 983. The van der Waals surface area contributed by atoms with Gasteiger partial charge in [-0.15, -0.1) is 24.0 Å². The molecule has 0 radical (unpaired) electrons. The van der Waals surface area contributed by atoms with Crippen LogP contribution in [0.3, 0.4) is 0 Å². The van der Waals surface area contributed by atoms with Gasteiger partial charge in [-0.2, -0.15) is 8.78 Å². The molecule has 0 unspecified atom stereocenters. The summed E-state index contributed by atoms with van der Waals surface area (Å²) in [5.41, 5.74) is 1.66. The van der Waals surface area contributed by atoms with Crippen molar-refractivity contribution in [1.82, 2.24) is 20.2 Å². The molecule has 1 aromatic heterocycles. The third-order valence-corrected chi connectivity index (χ3v) is 4.19. The molecule has 166 valence electrons. The first kappa shape index (κ1) is 24.5. The Balaban J connectivity index is 0.00000341. The smallest absolute Gasteiger partial charge is 0.387 e. The fraction of sp³-hybridized carbons (Fsp3) is 0.238. The van der Waals surface area contributed by atoms with Crippen LogP contribution in [0.15, 0.2) is 66.2 Å². The number of hydrogen-bond donors (Lipinski definition) is 2. The van der Waals surface area contributed by atoms with Crippen molar-refractivity contribution >= 4 is 29.9 Å². The number of benzene rings is 2. The van der Waals surface area contributed by atoms with Gasteiger partial charge in [-0.1, -0.05) is 24.3 Å². The van der Waals surface area contributed by atoms with Gasteiger partial charge >= 0.3 is 6.61 Å². The first-order valence-corrected chi connectivity index (χ1v) is 9.38. The van der Waals surface area contributed by atoms with E-state index in [-0.39, 0.29) is 48.6 Å². The lowest BCUT2D eigenvalue weighted by atomic mass is 10.2. The molecule has 3 rings (SSSR count). The average Bonchev–Trinajstić information content (AvgIpc) is 3.25. The molecule has 0 atom stereocenters. The van der Waals surface area contributed by atoms with E-state index in [0.717, 1.165) is 0 Å². The number of nitrogens with one attached hydrogen (secondary N) is 2. The van der Waals surface area contributed by atoms with E-state index in [2.05, 4.69) is 25.3 Å². The molecular formula is C21H23F3IN5O. The van der Waals surface area contributed by atoms with Crippen LogP contribution < -0.4 is 15.4 Å². The zero-order chi connectivity index (χ0) is 21.3. The lowest BCUT2D eigenvalue weighted by molar-refractivity contribution is -0.0504. The van der Waals surface area contributed by atoms with Crippen LogP contribution in [0.5, 0.6) is 5.75 Å². The molecule has 1 heterocycles. The zero-order valence-electron chi connectivity index (χ0n) is 16.8. The van der Waals surface area contributed by atoms with Crippen LogP contribution in [0.4, 0.5) is 13.2 Å². The summed E-state index contributed by atoms with van der Waals surface area (Å²) < 4.78 is 45.7. The summed E-state index contributed by atoms with van der Waals surface area (Å²) in [6.07, 6.45) is 4.77. The summed E-state index contributed by atoms with van der Waals surface area (Å²) in [6.45, 7) is 0.0988.